The Labute approximate surface area is 267 Å². The van der Waals surface area contributed by atoms with Crippen molar-refractivity contribution in [3.05, 3.63) is 68.6 Å². The number of aliphatic carboxylic acids is 2. The number of imidazole rings is 2. The van der Waals surface area contributed by atoms with Gasteiger partial charge in [-0.05, 0) is 55.8 Å². The average molecular weight is 740 g/mol. The molecule has 0 spiro atoms. The fourth-order valence-corrected chi connectivity index (χ4v) is 5.66. The summed E-state index contributed by atoms with van der Waals surface area (Å²) in [6, 6.07) is 3.43. The Hall–Kier alpha value is -4.58. The van der Waals surface area contributed by atoms with Gasteiger partial charge in [-0.25, -0.2) is 9.97 Å². The number of hydrogen-bond donors (Lipinski definition) is 10. The summed E-state index contributed by atoms with van der Waals surface area (Å²) in [6.07, 6.45) is 6.80. The predicted octanol–water partition coefficient (Wildman–Crippen LogP) is 2.63. The topological polar surface area (TPSA) is 274 Å². The van der Waals surface area contributed by atoms with E-state index in [-0.39, 0.29) is 35.5 Å². The molecule has 0 aromatic carbocycles. The van der Waals surface area contributed by atoms with E-state index < -0.39 is 11.9 Å². The molecule has 1 saturated carbocycles. The van der Waals surface area contributed by atoms with Gasteiger partial charge in [-0.15, -0.1) is 0 Å². The minimum absolute atomic E-state index is 0.0441. The quantitative estimate of drug-likeness (QED) is 0.126. The molecule has 1 aliphatic rings. The Balaban J connectivity index is 0.000000592. The van der Waals surface area contributed by atoms with Gasteiger partial charge in [-0.3, -0.25) is 19.2 Å². The number of aromatic nitrogens is 6. The molecule has 0 unspecified atom stereocenters. The monoisotopic (exact) mass is 738 g/mol. The number of aromatic amines is 4. The normalized spacial score (nSPS) is 18.5. The van der Waals surface area contributed by atoms with E-state index in [1.54, 1.807) is 36.9 Å². The second-order valence-corrected chi connectivity index (χ2v) is 11.6. The number of rotatable bonds is 8. The average Bonchev–Trinajstić information content (AvgIpc) is 3.72. The maximum Gasteiger partial charge on any atom is 0.300 e. The standard InChI is InChI=1S/C22H24Br2N10O2.2C2H4O2/c23-9-1-13(27-3-9)19(35)29-5-11-12(6-30-20(36)14-2-10(24)4-28-14)18(16-8-32-22(26)34-16)17(11)15-7-31-21(25)33-15;2*1-2(3)4/h1-4,7-8,11-12,17-18,27-28H,5-6H2,(H,29,35)(H,30,36)(H3,25,31,33)(H3,26,32,34);2*1H3,(H,3,4)/t11-,12-,17-,18-;;/m1../s1. The molecule has 12 N–H and O–H groups in total. The number of nitrogens with zero attached hydrogens (tertiary/aromatic N) is 2. The zero-order valence-electron chi connectivity index (χ0n) is 23.5. The fourth-order valence-electron chi connectivity index (χ4n) is 4.98. The first kappa shape index (κ1) is 33.9. The van der Waals surface area contributed by atoms with Crippen LogP contribution in [0.4, 0.5) is 11.9 Å². The van der Waals surface area contributed by atoms with Crippen molar-refractivity contribution in [3.8, 4) is 0 Å². The number of amides is 2. The van der Waals surface area contributed by atoms with Gasteiger partial charge in [0.25, 0.3) is 23.8 Å². The molecule has 5 rings (SSSR count). The van der Waals surface area contributed by atoms with Gasteiger partial charge in [-0.1, -0.05) is 0 Å². The van der Waals surface area contributed by atoms with Crippen molar-refractivity contribution in [2.45, 2.75) is 25.7 Å². The van der Waals surface area contributed by atoms with Gasteiger partial charge in [0.2, 0.25) is 0 Å². The van der Waals surface area contributed by atoms with E-state index in [4.69, 9.17) is 31.3 Å². The number of nitrogen functional groups attached to an aromatic ring is 2. The number of carboxylic acid groups (broad SMARTS) is 2. The highest BCUT2D eigenvalue weighted by molar-refractivity contribution is 9.10. The molecule has 2 amide bonds. The third kappa shape index (κ3) is 9.21. The first-order valence-electron chi connectivity index (χ1n) is 13.0. The third-order valence-corrected chi connectivity index (χ3v) is 7.51. The Morgan fingerprint density at radius 2 is 1.11 bits per heavy atom. The number of anilines is 2. The van der Waals surface area contributed by atoms with Gasteiger partial charge < -0.3 is 52.2 Å². The number of carboxylic acids is 2. The molecule has 4 atom stereocenters. The molecule has 4 aromatic rings. The Morgan fingerprint density at radius 3 is 1.36 bits per heavy atom. The summed E-state index contributed by atoms with van der Waals surface area (Å²) in [5.74, 6) is -1.75. The molecular formula is C26H32Br2N10O6. The van der Waals surface area contributed by atoms with E-state index >= 15 is 0 Å². The van der Waals surface area contributed by atoms with Crippen LogP contribution in [0.2, 0.25) is 0 Å². The van der Waals surface area contributed by atoms with Crippen LogP contribution in [-0.4, -0.2) is 77.0 Å². The lowest BCUT2D eigenvalue weighted by Gasteiger charge is -2.51. The van der Waals surface area contributed by atoms with Crippen molar-refractivity contribution in [2.75, 3.05) is 24.6 Å². The molecule has 44 heavy (non-hydrogen) atoms. The van der Waals surface area contributed by atoms with E-state index in [1.807, 2.05) is 0 Å². The summed E-state index contributed by atoms with van der Waals surface area (Å²) in [7, 11) is 0. The number of carbonyl (C=O) groups excluding carboxylic acids is 2. The molecule has 0 saturated heterocycles. The van der Waals surface area contributed by atoms with Gasteiger partial charge >= 0.3 is 0 Å². The van der Waals surface area contributed by atoms with Crippen LogP contribution in [0.1, 0.15) is 58.0 Å². The molecule has 1 aliphatic carbocycles. The van der Waals surface area contributed by atoms with Gasteiger partial charge in [0, 0.05) is 71.5 Å². The van der Waals surface area contributed by atoms with Crippen LogP contribution in [0.25, 0.3) is 0 Å². The van der Waals surface area contributed by atoms with Crippen molar-refractivity contribution < 1.29 is 29.4 Å². The summed E-state index contributed by atoms with van der Waals surface area (Å²) in [5, 5.41) is 20.9. The van der Waals surface area contributed by atoms with E-state index in [9.17, 15) is 9.59 Å². The highest BCUT2D eigenvalue weighted by Crippen LogP contribution is 2.56. The third-order valence-electron chi connectivity index (χ3n) is 6.59. The zero-order chi connectivity index (χ0) is 32.6. The molecule has 4 aromatic heterocycles. The lowest BCUT2D eigenvalue weighted by Crippen LogP contribution is -2.53. The van der Waals surface area contributed by atoms with Gasteiger partial charge in [0.15, 0.2) is 11.9 Å². The second kappa shape index (κ2) is 15.2. The summed E-state index contributed by atoms with van der Waals surface area (Å²) in [5.41, 5.74) is 14.3. The fraction of sp³-hybridized carbons (Fsp3) is 0.308. The Bertz CT molecular complexity index is 1470. The van der Waals surface area contributed by atoms with Crippen molar-refractivity contribution in [1.29, 1.82) is 0 Å². The highest BCUT2D eigenvalue weighted by atomic mass is 79.9. The maximum atomic E-state index is 12.8. The summed E-state index contributed by atoms with van der Waals surface area (Å²) in [6.45, 7) is 2.90. The lowest BCUT2D eigenvalue weighted by atomic mass is 9.54. The van der Waals surface area contributed by atoms with E-state index in [2.05, 4.69) is 72.4 Å². The van der Waals surface area contributed by atoms with Crippen LogP contribution >= 0.6 is 31.9 Å². The molecule has 0 aliphatic heterocycles. The Morgan fingerprint density at radius 1 is 0.773 bits per heavy atom. The van der Waals surface area contributed by atoms with Crippen molar-refractivity contribution >= 4 is 67.5 Å². The number of halogens is 2. The molecule has 4 heterocycles. The van der Waals surface area contributed by atoms with Crippen LogP contribution in [0.5, 0.6) is 0 Å². The van der Waals surface area contributed by atoms with Crippen LogP contribution in [-0.2, 0) is 9.59 Å². The minimum atomic E-state index is -0.833. The largest absolute Gasteiger partial charge is 0.481 e. The highest BCUT2D eigenvalue weighted by Gasteiger charge is 2.53. The van der Waals surface area contributed by atoms with Crippen molar-refractivity contribution in [1.82, 2.24) is 40.5 Å². The molecule has 16 nitrogen and oxygen atoms in total. The number of nitrogens with two attached hydrogens (primary N) is 2. The molecule has 0 radical (unpaired) electrons. The van der Waals surface area contributed by atoms with Gasteiger partial charge in [0.1, 0.15) is 11.4 Å². The van der Waals surface area contributed by atoms with E-state index in [0.717, 1.165) is 34.2 Å². The summed E-state index contributed by atoms with van der Waals surface area (Å²) >= 11 is 6.70. The molecule has 0 bridgehead atoms. The zero-order valence-corrected chi connectivity index (χ0v) is 26.7. The van der Waals surface area contributed by atoms with Crippen molar-refractivity contribution in [2.24, 2.45) is 11.8 Å². The number of hydrogen-bond acceptors (Lipinski definition) is 8. The summed E-state index contributed by atoms with van der Waals surface area (Å²) < 4.78 is 1.58. The summed E-state index contributed by atoms with van der Waals surface area (Å²) in [4.78, 5) is 64.0. The van der Waals surface area contributed by atoms with Gasteiger partial charge in [0.05, 0.1) is 12.4 Å². The lowest BCUT2D eigenvalue weighted by molar-refractivity contribution is -0.135. The number of H-pyrrole nitrogens is 4. The second-order valence-electron chi connectivity index (χ2n) is 9.75. The van der Waals surface area contributed by atoms with Gasteiger partial charge in [-0.2, -0.15) is 0 Å². The smallest absolute Gasteiger partial charge is 0.300 e. The number of nitrogens with one attached hydrogen (secondary N) is 6. The van der Waals surface area contributed by atoms with E-state index in [1.165, 1.54) is 0 Å². The minimum Gasteiger partial charge on any atom is -0.481 e. The van der Waals surface area contributed by atoms with Crippen LogP contribution in [0.3, 0.4) is 0 Å². The van der Waals surface area contributed by atoms with Crippen LogP contribution < -0.4 is 22.1 Å². The molecule has 236 valence electrons. The van der Waals surface area contributed by atoms with Crippen LogP contribution in [0, 0.1) is 11.8 Å². The molecular weight excluding hydrogens is 708 g/mol. The van der Waals surface area contributed by atoms with Crippen LogP contribution in [0.15, 0.2) is 45.9 Å². The Kier molecular flexibility index (Phi) is 11.7. The predicted molar refractivity (Wildman–Crippen MR) is 167 cm³/mol. The SMILES string of the molecule is CC(=O)O.CC(=O)O.Nc1ncc([C@H]2[C@H](CNC(=O)c3cc(Br)c[nH]3)[C@@H](CNC(=O)c3cc(Br)c[nH]3)[C@@H]2c2cnc(N)[nH]2)[nH]1. The molecule has 18 heteroatoms. The first-order valence-corrected chi connectivity index (χ1v) is 14.6. The van der Waals surface area contributed by atoms with E-state index in [0.29, 0.717) is 36.4 Å². The maximum absolute atomic E-state index is 12.8. The van der Waals surface area contributed by atoms with Crippen molar-refractivity contribution in [3.63, 3.8) is 0 Å². The first-order chi connectivity index (χ1) is 20.8. The number of carbonyl (C=O) groups is 4. The molecule has 1 fully saturated rings.